The smallest absolute Gasteiger partial charge is 0.410 e. The number of carbonyl (C=O) groups is 2. The number of hydrogen-bond donors (Lipinski definition) is 0. The number of ether oxygens (including phenoxy) is 1. The van der Waals surface area contributed by atoms with Crippen LogP contribution in [0.25, 0.3) is 0 Å². The van der Waals surface area contributed by atoms with Crippen LogP contribution >= 0.6 is 0 Å². The molecule has 3 rings (SSSR count). The Balaban J connectivity index is 0. The molecule has 0 aromatic heterocycles. The van der Waals surface area contributed by atoms with Crippen molar-refractivity contribution in [3.8, 4) is 0 Å². The van der Waals surface area contributed by atoms with E-state index in [2.05, 4.69) is 0 Å². The summed E-state index contributed by atoms with van der Waals surface area (Å²) in [7, 11) is 0. The summed E-state index contributed by atoms with van der Waals surface area (Å²) in [5.41, 5.74) is -1.38. The summed E-state index contributed by atoms with van der Waals surface area (Å²) in [6, 6.07) is 8.77. The second-order valence-electron chi connectivity index (χ2n) is 8.66. The predicted molar refractivity (Wildman–Crippen MR) is 137 cm³/mol. The number of hydrogen-bond acceptors (Lipinski definition) is 3. The number of nitrogens with zero attached hydrogens (tertiary/aromatic N) is 2. The van der Waals surface area contributed by atoms with Crippen molar-refractivity contribution in [1.29, 1.82) is 0 Å². The molecule has 2 amide bonds. The van der Waals surface area contributed by atoms with E-state index < -0.39 is 28.9 Å². The molecule has 1 atom stereocenters. The molecule has 0 aliphatic carbocycles. The highest BCUT2D eigenvalue weighted by Crippen LogP contribution is 2.52. The van der Waals surface area contributed by atoms with Gasteiger partial charge in [0.05, 0.1) is 5.41 Å². The first kappa shape index (κ1) is 34.0. The van der Waals surface area contributed by atoms with Gasteiger partial charge in [0.2, 0.25) is 0 Å². The standard InChI is InChI=1S/C20H26F2N2O3.3C2H6.CH4/c1-14-10-19(12-23(13-19)17(26)27-18(2,3)4)20(21,22)16(25)24(14)11-15-8-6-5-7-9-15;3*1-2;/h5-9,14H,10-13H2,1-4H3;3*1-2H3;1H4. The van der Waals surface area contributed by atoms with Gasteiger partial charge in [-0.25, -0.2) is 4.79 Å². The summed E-state index contributed by atoms with van der Waals surface area (Å²) in [5, 5.41) is 0. The van der Waals surface area contributed by atoms with Gasteiger partial charge in [0.1, 0.15) is 5.60 Å². The summed E-state index contributed by atoms with van der Waals surface area (Å²) in [6.45, 7) is 18.8. The van der Waals surface area contributed by atoms with Crippen molar-refractivity contribution in [2.45, 2.75) is 107 Å². The highest BCUT2D eigenvalue weighted by molar-refractivity contribution is 5.86. The van der Waals surface area contributed by atoms with Gasteiger partial charge in [-0.05, 0) is 39.7 Å². The number of piperidine rings is 1. The Morgan fingerprint density at radius 3 is 1.94 bits per heavy atom. The van der Waals surface area contributed by atoms with Crippen LogP contribution in [0.15, 0.2) is 30.3 Å². The van der Waals surface area contributed by atoms with Gasteiger partial charge in [0, 0.05) is 25.7 Å². The third kappa shape index (κ3) is 7.67. The first-order valence-electron chi connectivity index (χ1n) is 12.2. The quantitative estimate of drug-likeness (QED) is 0.438. The summed E-state index contributed by atoms with van der Waals surface area (Å²) < 4.78 is 35.3. The number of amides is 2. The third-order valence-electron chi connectivity index (χ3n) is 5.25. The van der Waals surface area contributed by atoms with Crippen molar-refractivity contribution in [3.05, 3.63) is 35.9 Å². The molecular formula is C27H48F2N2O3. The van der Waals surface area contributed by atoms with Crippen LogP contribution in [0.2, 0.25) is 0 Å². The number of halogens is 2. The minimum atomic E-state index is -3.51. The van der Waals surface area contributed by atoms with Gasteiger partial charge in [0.15, 0.2) is 0 Å². The molecule has 5 nitrogen and oxygen atoms in total. The largest absolute Gasteiger partial charge is 0.444 e. The lowest BCUT2D eigenvalue weighted by Gasteiger charge is -2.57. The van der Waals surface area contributed by atoms with E-state index in [0.29, 0.717) is 0 Å². The molecule has 1 spiro atoms. The van der Waals surface area contributed by atoms with E-state index in [-0.39, 0.29) is 39.5 Å². The average Bonchev–Trinajstić information content (AvgIpc) is 2.76. The van der Waals surface area contributed by atoms with Crippen LogP contribution in [0.1, 0.15) is 88.6 Å². The Bertz CT molecular complexity index is 727. The second kappa shape index (κ2) is 14.3. The average molecular weight is 487 g/mol. The fourth-order valence-corrected chi connectivity index (χ4v) is 3.89. The van der Waals surface area contributed by atoms with Gasteiger partial charge >= 0.3 is 12.0 Å². The Morgan fingerprint density at radius 2 is 1.50 bits per heavy atom. The number of carbonyl (C=O) groups excluding carboxylic acids is 2. The molecule has 0 radical (unpaired) electrons. The van der Waals surface area contributed by atoms with E-state index >= 15 is 8.78 Å². The van der Waals surface area contributed by atoms with Gasteiger partial charge in [-0.1, -0.05) is 79.3 Å². The van der Waals surface area contributed by atoms with E-state index in [0.717, 1.165) is 5.56 Å². The molecule has 0 N–H and O–H groups in total. The van der Waals surface area contributed by atoms with Gasteiger partial charge in [0.25, 0.3) is 5.91 Å². The normalized spacial score (nSPS) is 19.5. The lowest BCUT2D eigenvalue weighted by Crippen LogP contribution is -2.74. The molecule has 198 valence electrons. The van der Waals surface area contributed by atoms with E-state index in [1.54, 1.807) is 27.7 Å². The molecule has 7 heteroatoms. The summed E-state index contributed by atoms with van der Waals surface area (Å²) >= 11 is 0. The molecule has 2 fully saturated rings. The minimum Gasteiger partial charge on any atom is -0.444 e. The Kier molecular flexibility index (Phi) is 14.3. The van der Waals surface area contributed by atoms with E-state index in [1.165, 1.54) is 9.80 Å². The van der Waals surface area contributed by atoms with Crippen LogP contribution < -0.4 is 0 Å². The van der Waals surface area contributed by atoms with Crippen molar-refractivity contribution in [2.24, 2.45) is 5.41 Å². The molecule has 0 saturated carbocycles. The molecule has 1 unspecified atom stereocenters. The van der Waals surface area contributed by atoms with Crippen LogP contribution in [0, 0.1) is 5.41 Å². The zero-order chi connectivity index (χ0) is 26.0. The molecule has 1 aromatic rings. The molecule has 2 aliphatic heterocycles. The van der Waals surface area contributed by atoms with Crippen molar-refractivity contribution >= 4 is 12.0 Å². The summed E-state index contributed by atoms with van der Waals surface area (Å²) in [4.78, 5) is 27.2. The Labute approximate surface area is 206 Å². The van der Waals surface area contributed by atoms with Gasteiger partial charge < -0.3 is 14.5 Å². The van der Waals surface area contributed by atoms with E-state index in [4.69, 9.17) is 4.74 Å². The molecule has 34 heavy (non-hydrogen) atoms. The predicted octanol–water partition coefficient (Wildman–Crippen LogP) is 7.39. The van der Waals surface area contributed by atoms with E-state index in [9.17, 15) is 9.59 Å². The summed E-state index contributed by atoms with van der Waals surface area (Å²) in [6.07, 6.45) is -0.464. The third-order valence-corrected chi connectivity index (χ3v) is 5.25. The summed E-state index contributed by atoms with van der Waals surface area (Å²) in [5.74, 6) is -4.67. The highest BCUT2D eigenvalue weighted by atomic mass is 19.3. The van der Waals surface area contributed by atoms with Gasteiger partial charge in [-0.2, -0.15) is 8.78 Å². The Morgan fingerprint density at radius 1 is 1.03 bits per heavy atom. The van der Waals surface area contributed by atoms with Crippen LogP contribution in [0.3, 0.4) is 0 Å². The lowest BCUT2D eigenvalue weighted by molar-refractivity contribution is -0.227. The fraction of sp³-hybridized carbons (Fsp3) is 0.704. The Hall–Kier alpha value is -2.18. The maximum atomic E-state index is 15.0. The van der Waals surface area contributed by atoms with Crippen LogP contribution in [0.4, 0.5) is 13.6 Å². The van der Waals surface area contributed by atoms with Crippen molar-refractivity contribution < 1.29 is 23.1 Å². The monoisotopic (exact) mass is 486 g/mol. The molecule has 2 saturated heterocycles. The first-order chi connectivity index (χ1) is 15.5. The number of alkyl halides is 2. The maximum absolute atomic E-state index is 15.0. The number of rotatable bonds is 2. The number of benzene rings is 1. The minimum absolute atomic E-state index is 0. The SMILES string of the molecule is C.CC.CC.CC.CC1CC2(CN(C(=O)OC(C)(C)C)C2)C(F)(F)C(=O)N1Cc1ccccc1. The maximum Gasteiger partial charge on any atom is 0.410 e. The second-order valence-corrected chi connectivity index (χ2v) is 8.66. The molecule has 2 heterocycles. The zero-order valence-corrected chi connectivity index (χ0v) is 22.2. The highest BCUT2D eigenvalue weighted by Gasteiger charge is 2.69. The van der Waals surface area contributed by atoms with Gasteiger partial charge in [-0.3, -0.25) is 4.79 Å². The fourth-order valence-electron chi connectivity index (χ4n) is 3.89. The molecular weight excluding hydrogens is 438 g/mol. The molecule has 0 bridgehead atoms. The first-order valence-corrected chi connectivity index (χ1v) is 12.2. The van der Waals surface area contributed by atoms with Crippen molar-refractivity contribution in [2.75, 3.05) is 13.1 Å². The zero-order valence-electron chi connectivity index (χ0n) is 22.2. The van der Waals surface area contributed by atoms with Crippen molar-refractivity contribution in [3.63, 3.8) is 0 Å². The number of likely N-dealkylation sites (tertiary alicyclic amines) is 2. The van der Waals surface area contributed by atoms with Gasteiger partial charge in [-0.15, -0.1) is 0 Å². The van der Waals surface area contributed by atoms with Crippen LogP contribution in [-0.2, 0) is 16.1 Å². The molecule has 1 aromatic carbocycles. The molecule has 2 aliphatic rings. The van der Waals surface area contributed by atoms with E-state index in [1.807, 2.05) is 71.9 Å². The topological polar surface area (TPSA) is 49.9 Å². The lowest BCUT2D eigenvalue weighted by atomic mass is 9.66. The van der Waals surface area contributed by atoms with Crippen molar-refractivity contribution in [1.82, 2.24) is 9.80 Å². The van der Waals surface area contributed by atoms with Crippen LogP contribution in [0.5, 0.6) is 0 Å². The van der Waals surface area contributed by atoms with Crippen LogP contribution in [-0.4, -0.2) is 52.5 Å².